The maximum atomic E-state index is 12.3. The van der Waals surface area contributed by atoms with Gasteiger partial charge in [0.05, 0.1) is 11.2 Å². The topological polar surface area (TPSA) is 67.2 Å². The lowest BCUT2D eigenvalue weighted by molar-refractivity contribution is 0.0926. The van der Waals surface area contributed by atoms with Crippen molar-refractivity contribution in [2.45, 2.75) is 37.4 Å². The predicted molar refractivity (Wildman–Crippen MR) is 74.8 cm³/mol. The molecular weight excluding hydrogens is 278 g/mol. The van der Waals surface area contributed by atoms with Crippen LogP contribution >= 0.6 is 11.6 Å². The first kappa shape index (κ1) is 12.2. The molecule has 2 fully saturated rings. The summed E-state index contributed by atoms with van der Waals surface area (Å²) in [5.41, 5.74) is 0.969. The highest BCUT2D eigenvalue weighted by atomic mass is 35.5. The molecule has 0 saturated carbocycles. The van der Waals surface area contributed by atoms with Crippen LogP contribution in [0.1, 0.15) is 29.8 Å². The number of hydrogen-bond donors (Lipinski definition) is 2. The molecule has 2 aliphatic heterocycles. The molecule has 4 rings (SSSR count). The van der Waals surface area contributed by atoms with Crippen LogP contribution in [0.15, 0.2) is 22.9 Å². The molecule has 0 aromatic carbocycles. The van der Waals surface area contributed by atoms with Crippen LogP contribution in [0.4, 0.5) is 0 Å². The van der Waals surface area contributed by atoms with E-state index < -0.39 is 0 Å². The second-order valence-corrected chi connectivity index (χ2v) is 5.92. The average molecular weight is 292 g/mol. The van der Waals surface area contributed by atoms with Gasteiger partial charge in [-0.05, 0) is 25.3 Å². The normalized spacial score (nSPS) is 28.1. The summed E-state index contributed by atoms with van der Waals surface area (Å²) in [4.78, 5) is 16.4. The lowest BCUT2D eigenvalue weighted by Gasteiger charge is -2.21. The molecule has 0 aliphatic carbocycles. The van der Waals surface area contributed by atoms with Crippen molar-refractivity contribution in [1.82, 2.24) is 15.6 Å². The number of amides is 1. The zero-order valence-corrected chi connectivity index (χ0v) is 11.5. The number of halogens is 1. The first-order chi connectivity index (χ1) is 9.70. The summed E-state index contributed by atoms with van der Waals surface area (Å²) in [6.07, 6.45) is 6.34. The van der Waals surface area contributed by atoms with Gasteiger partial charge in [-0.1, -0.05) is 11.6 Å². The SMILES string of the molecule is O=C(N[C@@H]1C[C@H]2CC[C@@H]1N2)c1cc2c(Cl)coc2cn1. The van der Waals surface area contributed by atoms with E-state index in [4.69, 9.17) is 16.0 Å². The zero-order valence-electron chi connectivity index (χ0n) is 10.7. The summed E-state index contributed by atoms with van der Waals surface area (Å²) in [5, 5.41) is 7.78. The van der Waals surface area contributed by atoms with Crippen molar-refractivity contribution in [3.05, 3.63) is 29.2 Å². The van der Waals surface area contributed by atoms with Crippen LogP contribution in [0, 0.1) is 0 Å². The van der Waals surface area contributed by atoms with Crippen LogP contribution in [0.25, 0.3) is 11.0 Å². The third-order valence-electron chi connectivity index (χ3n) is 4.26. The lowest BCUT2D eigenvalue weighted by atomic mass is 9.95. The summed E-state index contributed by atoms with van der Waals surface area (Å²) < 4.78 is 5.22. The van der Waals surface area contributed by atoms with Gasteiger partial charge in [-0.25, -0.2) is 4.98 Å². The third-order valence-corrected chi connectivity index (χ3v) is 4.56. The number of carbonyl (C=O) groups excluding carboxylic acids is 1. The standard InChI is InChI=1S/C14H14ClN3O2/c15-9-6-20-13-5-16-12(4-8(9)13)14(19)18-11-3-7-1-2-10(11)17-7/h4-7,10-11,17H,1-3H2,(H,18,19)/t7-,10+,11-/m1/s1. The molecule has 0 spiro atoms. The Morgan fingerprint density at radius 1 is 1.50 bits per heavy atom. The molecular formula is C14H14ClN3O2. The quantitative estimate of drug-likeness (QED) is 0.889. The Hall–Kier alpha value is -1.59. The van der Waals surface area contributed by atoms with Crippen LogP contribution in [0.5, 0.6) is 0 Å². The Labute approximate surface area is 120 Å². The lowest BCUT2D eigenvalue weighted by Crippen LogP contribution is -2.43. The van der Waals surface area contributed by atoms with E-state index in [2.05, 4.69) is 15.6 Å². The van der Waals surface area contributed by atoms with Gasteiger partial charge < -0.3 is 15.1 Å². The highest BCUT2D eigenvalue weighted by molar-refractivity contribution is 6.35. The summed E-state index contributed by atoms with van der Waals surface area (Å²) in [7, 11) is 0. The Kier molecular flexibility index (Phi) is 2.72. The van der Waals surface area contributed by atoms with Crippen molar-refractivity contribution in [3.8, 4) is 0 Å². The minimum Gasteiger partial charge on any atom is -0.461 e. The Balaban J connectivity index is 1.56. The van der Waals surface area contributed by atoms with Crippen molar-refractivity contribution in [1.29, 1.82) is 0 Å². The van der Waals surface area contributed by atoms with Gasteiger partial charge in [0.25, 0.3) is 5.91 Å². The molecule has 2 aromatic rings. The highest BCUT2D eigenvalue weighted by Gasteiger charge is 2.39. The van der Waals surface area contributed by atoms with Crippen molar-refractivity contribution in [2.24, 2.45) is 0 Å². The number of rotatable bonds is 2. The Morgan fingerprint density at radius 3 is 3.15 bits per heavy atom. The number of pyridine rings is 1. The second kappa shape index (κ2) is 4.46. The fraction of sp³-hybridized carbons (Fsp3) is 0.429. The maximum absolute atomic E-state index is 12.3. The highest BCUT2D eigenvalue weighted by Crippen LogP contribution is 2.29. The van der Waals surface area contributed by atoms with Crippen molar-refractivity contribution < 1.29 is 9.21 Å². The molecule has 20 heavy (non-hydrogen) atoms. The van der Waals surface area contributed by atoms with Gasteiger partial charge in [0.2, 0.25) is 0 Å². The first-order valence-electron chi connectivity index (χ1n) is 6.80. The number of fused-ring (bicyclic) bond motifs is 3. The van der Waals surface area contributed by atoms with Crippen molar-refractivity contribution >= 4 is 28.5 Å². The van der Waals surface area contributed by atoms with Gasteiger partial charge in [-0.2, -0.15) is 0 Å². The molecule has 6 heteroatoms. The second-order valence-electron chi connectivity index (χ2n) is 5.51. The molecule has 2 saturated heterocycles. The molecule has 0 unspecified atom stereocenters. The van der Waals surface area contributed by atoms with Gasteiger partial charge in [-0.3, -0.25) is 4.79 Å². The van der Waals surface area contributed by atoms with E-state index in [0.29, 0.717) is 28.4 Å². The molecule has 104 valence electrons. The molecule has 2 bridgehead atoms. The van der Waals surface area contributed by atoms with E-state index in [1.807, 2.05) is 0 Å². The number of hydrogen-bond acceptors (Lipinski definition) is 4. The fourth-order valence-corrected chi connectivity index (χ4v) is 3.44. The molecule has 0 radical (unpaired) electrons. The number of nitrogens with one attached hydrogen (secondary N) is 2. The number of carbonyl (C=O) groups is 1. The van der Waals surface area contributed by atoms with E-state index in [9.17, 15) is 4.79 Å². The summed E-state index contributed by atoms with van der Waals surface area (Å²) in [6.45, 7) is 0. The smallest absolute Gasteiger partial charge is 0.270 e. The van der Waals surface area contributed by atoms with Gasteiger partial charge in [-0.15, -0.1) is 0 Å². The number of nitrogens with zero attached hydrogens (tertiary/aromatic N) is 1. The van der Waals surface area contributed by atoms with E-state index >= 15 is 0 Å². The summed E-state index contributed by atoms with van der Waals surface area (Å²) in [6, 6.07) is 2.85. The zero-order chi connectivity index (χ0) is 13.7. The van der Waals surface area contributed by atoms with Crippen LogP contribution < -0.4 is 10.6 Å². The predicted octanol–water partition coefficient (Wildman–Crippen LogP) is 2.10. The fourth-order valence-electron chi connectivity index (χ4n) is 3.25. The first-order valence-corrected chi connectivity index (χ1v) is 7.18. The van der Waals surface area contributed by atoms with E-state index in [1.165, 1.54) is 18.9 Å². The number of aromatic nitrogens is 1. The van der Waals surface area contributed by atoms with E-state index in [1.54, 1.807) is 6.07 Å². The maximum Gasteiger partial charge on any atom is 0.270 e. The monoisotopic (exact) mass is 291 g/mol. The average Bonchev–Trinajstić information content (AvgIpc) is 3.15. The summed E-state index contributed by atoms with van der Waals surface area (Å²) in [5.74, 6) is -0.150. The molecule has 1 amide bonds. The largest absolute Gasteiger partial charge is 0.461 e. The summed E-state index contributed by atoms with van der Waals surface area (Å²) >= 11 is 6.01. The molecule has 2 N–H and O–H groups in total. The van der Waals surface area contributed by atoms with Crippen LogP contribution in [0.3, 0.4) is 0 Å². The van der Waals surface area contributed by atoms with Crippen molar-refractivity contribution in [3.63, 3.8) is 0 Å². The van der Waals surface area contributed by atoms with Crippen LogP contribution in [-0.4, -0.2) is 29.0 Å². The Bertz CT molecular complexity index is 684. The van der Waals surface area contributed by atoms with E-state index in [0.717, 1.165) is 18.2 Å². The van der Waals surface area contributed by atoms with Gasteiger partial charge in [0, 0.05) is 23.5 Å². The van der Waals surface area contributed by atoms with Crippen LogP contribution in [0.2, 0.25) is 5.02 Å². The minimum absolute atomic E-state index is 0.150. The molecule has 2 aromatic heterocycles. The number of furan rings is 1. The molecule has 4 heterocycles. The van der Waals surface area contributed by atoms with Gasteiger partial charge in [0.1, 0.15) is 12.0 Å². The van der Waals surface area contributed by atoms with Gasteiger partial charge >= 0.3 is 0 Å². The Morgan fingerprint density at radius 2 is 2.40 bits per heavy atom. The minimum atomic E-state index is -0.150. The molecule has 5 nitrogen and oxygen atoms in total. The molecule has 3 atom stereocenters. The van der Waals surface area contributed by atoms with Crippen molar-refractivity contribution in [2.75, 3.05) is 0 Å². The third kappa shape index (κ3) is 1.89. The van der Waals surface area contributed by atoms with E-state index in [-0.39, 0.29) is 11.9 Å². The molecule has 2 aliphatic rings. The van der Waals surface area contributed by atoms with Gasteiger partial charge in [0.15, 0.2) is 5.58 Å². The van der Waals surface area contributed by atoms with Crippen LogP contribution in [-0.2, 0) is 0 Å².